The van der Waals surface area contributed by atoms with Crippen molar-refractivity contribution in [2.45, 2.75) is 51.8 Å². The van der Waals surface area contributed by atoms with Crippen molar-refractivity contribution in [3.05, 3.63) is 17.6 Å². The quantitative estimate of drug-likeness (QED) is 0.790. The summed E-state index contributed by atoms with van der Waals surface area (Å²) >= 11 is 0. The Bertz CT molecular complexity index is 572. The lowest BCUT2D eigenvalue weighted by Crippen LogP contribution is -2.41. The fourth-order valence-electron chi connectivity index (χ4n) is 2.95. The summed E-state index contributed by atoms with van der Waals surface area (Å²) < 4.78 is 18.0. The number of ether oxygens (including phenoxy) is 1. The van der Waals surface area contributed by atoms with Crippen LogP contribution >= 0.6 is 0 Å². The molecule has 134 valence electrons. The predicted octanol–water partition coefficient (Wildman–Crippen LogP) is 2.12. The molecule has 2 rings (SSSR count). The Morgan fingerprint density at radius 3 is 2.83 bits per heavy atom. The zero-order chi connectivity index (χ0) is 17.7. The van der Waals surface area contributed by atoms with Crippen LogP contribution < -0.4 is 5.32 Å². The lowest BCUT2D eigenvalue weighted by Gasteiger charge is -2.25. The normalized spacial score (nSPS) is 23.5. The SMILES string of the molecule is CCc1cnc(CC)c(N[C@@H]2C(C)N(C(=O)O)C[C@@H]2OCCF)n1. The van der Waals surface area contributed by atoms with Gasteiger partial charge in [0.1, 0.15) is 12.5 Å². The molecule has 1 amide bonds. The van der Waals surface area contributed by atoms with Crippen LogP contribution in [0.5, 0.6) is 0 Å². The molecule has 0 bridgehead atoms. The number of nitrogens with zero attached hydrogens (tertiary/aromatic N) is 3. The van der Waals surface area contributed by atoms with Gasteiger partial charge < -0.3 is 20.1 Å². The van der Waals surface area contributed by atoms with Gasteiger partial charge in [-0.1, -0.05) is 13.8 Å². The molecule has 1 aromatic rings. The number of halogens is 1. The van der Waals surface area contributed by atoms with E-state index in [1.807, 2.05) is 20.8 Å². The molecule has 2 N–H and O–H groups in total. The molecule has 0 saturated carbocycles. The van der Waals surface area contributed by atoms with E-state index in [2.05, 4.69) is 15.3 Å². The Balaban J connectivity index is 2.25. The summed E-state index contributed by atoms with van der Waals surface area (Å²) in [4.78, 5) is 21.7. The van der Waals surface area contributed by atoms with Gasteiger partial charge in [-0.3, -0.25) is 4.98 Å². The largest absolute Gasteiger partial charge is 0.465 e. The van der Waals surface area contributed by atoms with Crippen molar-refractivity contribution in [3.8, 4) is 0 Å². The van der Waals surface area contributed by atoms with E-state index in [1.54, 1.807) is 6.20 Å². The van der Waals surface area contributed by atoms with Crippen LogP contribution in [0.3, 0.4) is 0 Å². The molecular formula is C16H25FN4O3. The van der Waals surface area contributed by atoms with E-state index < -0.39 is 18.9 Å². The third-order valence-electron chi connectivity index (χ3n) is 4.34. The summed E-state index contributed by atoms with van der Waals surface area (Å²) in [7, 11) is 0. The van der Waals surface area contributed by atoms with Gasteiger partial charge in [-0.2, -0.15) is 0 Å². The smallest absolute Gasteiger partial charge is 0.407 e. The molecule has 1 aliphatic heterocycles. The van der Waals surface area contributed by atoms with E-state index in [-0.39, 0.29) is 25.2 Å². The Labute approximate surface area is 141 Å². The Kier molecular flexibility index (Phi) is 6.30. The number of aryl methyl sites for hydroxylation is 2. The number of carbonyl (C=O) groups is 1. The molecule has 1 unspecified atom stereocenters. The van der Waals surface area contributed by atoms with E-state index >= 15 is 0 Å². The summed E-state index contributed by atoms with van der Waals surface area (Å²) in [6, 6.07) is -0.622. The molecule has 3 atom stereocenters. The van der Waals surface area contributed by atoms with Crippen LogP contribution in [0, 0.1) is 0 Å². The zero-order valence-corrected chi connectivity index (χ0v) is 14.3. The molecule has 24 heavy (non-hydrogen) atoms. The molecule has 1 fully saturated rings. The summed E-state index contributed by atoms with van der Waals surface area (Å²) in [5.41, 5.74) is 1.68. The fraction of sp³-hybridized carbons (Fsp3) is 0.688. The lowest BCUT2D eigenvalue weighted by molar-refractivity contribution is 0.0450. The molecule has 0 aliphatic carbocycles. The van der Waals surface area contributed by atoms with Crippen LogP contribution in [0.4, 0.5) is 15.0 Å². The first-order valence-corrected chi connectivity index (χ1v) is 8.30. The number of hydrogen-bond acceptors (Lipinski definition) is 5. The number of rotatable bonds is 7. The van der Waals surface area contributed by atoms with E-state index in [1.165, 1.54) is 4.90 Å². The molecule has 0 aromatic carbocycles. The lowest BCUT2D eigenvalue weighted by atomic mass is 10.1. The number of likely N-dealkylation sites (tertiary alicyclic amines) is 1. The highest BCUT2D eigenvalue weighted by atomic mass is 19.1. The third-order valence-corrected chi connectivity index (χ3v) is 4.34. The first-order valence-electron chi connectivity index (χ1n) is 8.30. The van der Waals surface area contributed by atoms with Crippen molar-refractivity contribution >= 4 is 11.9 Å². The van der Waals surface area contributed by atoms with Crippen LogP contribution in [0.25, 0.3) is 0 Å². The molecule has 2 heterocycles. The maximum Gasteiger partial charge on any atom is 0.407 e. The highest BCUT2D eigenvalue weighted by molar-refractivity contribution is 5.66. The van der Waals surface area contributed by atoms with Crippen LogP contribution in [0.1, 0.15) is 32.2 Å². The van der Waals surface area contributed by atoms with Crippen molar-refractivity contribution in [2.75, 3.05) is 25.1 Å². The van der Waals surface area contributed by atoms with Gasteiger partial charge in [0.25, 0.3) is 0 Å². The molecule has 1 aliphatic rings. The summed E-state index contributed by atoms with van der Waals surface area (Å²) in [6.07, 6.45) is 1.78. The maximum atomic E-state index is 12.5. The van der Waals surface area contributed by atoms with E-state index in [9.17, 15) is 14.3 Å². The van der Waals surface area contributed by atoms with Crippen LogP contribution in [-0.4, -0.2) is 64.1 Å². The molecule has 0 spiro atoms. The average Bonchev–Trinajstić information content (AvgIpc) is 2.89. The van der Waals surface area contributed by atoms with Gasteiger partial charge in [-0.15, -0.1) is 0 Å². The maximum absolute atomic E-state index is 12.5. The summed E-state index contributed by atoms with van der Waals surface area (Å²) in [5.74, 6) is 0.648. The van der Waals surface area contributed by atoms with Gasteiger partial charge in [-0.25, -0.2) is 14.2 Å². The van der Waals surface area contributed by atoms with Gasteiger partial charge in [0, 0.05) is 6.20 Å². The summed E-state index contributed by atoms with van der Waals surface area (Å²) in [6.45, 7) is 5.35. The van der Waals surface area contributed by atoms with E-state index in [4.69, 9.17) is 4.74 Å². The predicted molar refractivity (Wildman–Crippen MR) is 88.1 cm³/mol. The second-order valence-electron chi connectivity index (χ2n) is 5.81. The Morgan fingerprint density at radius 2 is 2.25 bits per heavy atom. The van der Waals surface area contributed by atoms with Gasteiger partial charge in [0.15, 0.2) is 0 Å². The van der Waals surface area contributed by atoms with Crippen molar-refractivity contribution < 1.29 is 19.0 Å². The zero-order valence-electron chi connectivity index (χ0n) is 14.3. The number of amides is 1. The Morgan fingerprint density at radius 1 is 1.50 bits per heavy atom. The van der Waals surface area contributed by atoms with Gasteiger partial charge in [0.2, 0.25) is 0 Å². The van der Waals surface area contributed by atoms with Crippen molar-refractivity contribution in [2.24, 2.45) is 0 Å². The second-order valence-corrected chi connectivity index (χ2v) is 5.81. The average molecular weight is 340 g/mol. The van der Waals surface area contributed by atoms with Gasteiger partial charge in [0.05, 0.1) is 42.7 Å². The Hall–Kier alpha value is -1.96. The van der Waals surface area contributed by atoms with Crippen molar-refractivity contribution in [3.63, 3.8) is 0 Å². The minimum atomic E-state index is -1.01. The molecule has 0 radical (unpaired) electrons. The van der Waals surface area contributed by atoms with E-state index in [0.717, 1.165) is 17.8 Å². The van der Waals surface area contributed by atoms with Gasteiger partial charge in [-0.05, 0) is 19.8 Å². The van der Waals surface area contributed by atoms with Crippen molar-refractivity contribution in [1.29, 1.82) is 0 Å². The molecule has 7 nitrogen and oxygen atoms in total. The monoisotopic (exact) mass is 340 g/mol. The summed E-state index contributed by atoms with van der Waals surface area (Å²) in [5, 5.41) is 12.6. The number of nitrogens with one attached hydrogen (secondary N) is 1. The second kappa shape index (κ2) is 8.23. The van der Waals surface area contributed by atoms with Crippen molar-refractivity contribution in [1.82, 2.24) is 14.9 Å². The molecule has 1 saturated heterocycles. The molecule has 1 aromatic heterocycles. The topological polar surface area (TPSA) is 87.6 Å². The van der Waals surface area contributed by atoms with Crippen LogP contribution in [0.15, 0.2) is 6.20 Å². The number of anilines is 1. The minimum Gasteiger partial charge on any atom is -0.465 e. The van der Waals surface area contributed by atoms with Gasteiger partial charge >= 0.3 is 6.09 Å². The standard InChI is InChI=1S/C16H25FN4O3/c1-4-11-8-18-12(5-2)15(19-11)20-14-10(3)21(16(22)23)9-13(14)24-7-6-17/h8,10,13-14H,4-7,9H2,1-3H3,(H,19,20)(H,22,23)/t10?,13-,14+/m0/s1. The number of carboxylic acid groups (broad SMARTS) is 1. The molecular weight excluding hydrogens is 315 g/mol. The van der Waals surface area contributed by atoms with Crippen LogP contribution in [0.2, 0.25) is 0 Å². The minimum absolute atomic E-state index is 0.0513. The third kappa shape index (κ3) is 3.92. The number of aromatic nitrogens is 2. The number of alkyl halides is 1. The fourth-order valence-corrected chi connectivity index (χ4v) is 2.95. The number of hydrogen-bond donors (Lipinski definition) is 2. The first kappa shape index (κ1) is 18.4. The molecule has 8 heteroatoms. The van der Waals surface area contributed by atoms with Crippen LogP contribution in [-0.2, 0) is 17.6 Å². The highest BCUT2D eigenvalue weighted by Crippen LogP contribution is 2.25. The highest BCUT2D eigenvalue weighted by Gasteiger charge is 2.42. The van der Waals surface area contributed by atoms with E-state index in [0.29, 0.717) is 12.2 Å². The first-order chi connectivity index (χ1) is 11.5.